The van der Waals surface area contributed by atoms with Crippen molar-refractivity contribution in [2.75, 3.05) is 12.0 Å². The summed E-state index contributed by atoms with van der Waals surface area (Å²) < 4.78 is 19.7. The Hall–Kier alpha value is -3.74. The van der Waals surface area contributed by atoms with Gasteiger partial charge in [-0.25, -0.2) is 4.39 Å². The number of carbonyl (C=O) groups excluding carboxylic acids is 2. The summed E-state index contributed by atoms with van der Waals surface area (Å²) in [6.07, 6.45) is 9.52. The number of carbonyl (C=O) groups is 2. The molecular weight excluding hydrogens is 493 g/mol. The van der Waals surface area contributed by atoms with Crippen LogP contribution >= 0.6 is 0 Å². The van der Waals surface area contributed by atoms with Crippen molar-refractivity contribution in [1.82, 2.24) is 10.3 Å². The second-order valence-electron chi connectivity index (χ2n) is 11.1. The van der Waals surface area contributed by atoms with Crippen LogP contribution in [0.1, 0.15) is 72.9 Å². The number of halogens is 1. The molecule has 2 aromatic carbocycles. The second-order valence-corrected chi connectivity index (χ2v) is 11.1. The van der Waals surface area contributed by atoms with E-state index in [4.69, 9.17) is 4.74 Å². The topological polar surface area (TPSA) is 71.5 Å². The highest BCUT2D eigenvalue weighted by atomic mass is 19.1. The van der Waals surface area contributed by atoms with E-state index in [0.717, 1.165) is 53.8 Å². The molecule has 2 fully saturated rings. The lowest BCUT2D eigenvalue weighted by Gasteiger charge is -2.37. The summed E-state index contributed by atoms with van der Waals surface area (Å²) >= 11 is 0. The van der Waals surface area contributed by atoms with Crippen molar-refractivity contribution in [1.29, 1.82) is 0 Å². The Morgan fingerprint density at radius 3 is 2.51 bits per heavy atom. The number of fused-ring (bicyclic) bond motifs is 3. The predicted molar refractivity (Wildman–Crippen MR) is 149 cm³/mol. The molecule has 7 heteroatoms. The highest BCUT2D eigenvalue weighted by Gasteiger charge is 2.50. The number of hydrogen-bond donors (Lipinski definition) is 1. The number of methoxy groups -OCH3 is 1. The summed E-state index contributed by atoms with van der Waals surface area (Å²) in [5.41, 5.74) is 5.27. The maximum Gasteiger partial charge on any atom is 0.217 e. The Kier molecular flexibility index (Phi) is 6.83. The zero-order chi connectivity index (χ0) is 27.1. The molecule has 1 amide bonds. The molecule has 0 radical (unpaired) electrons. The number of aromatic nitrogens is 1. The van der Waals surface area contributed by atoms with E-state index in [0.29, 0.717) is 17.2 Å². The van der Waals surface area contributed by atoms with Crippen molar-refractivity contribution in [2.24, 2.45) is 0 Å². The lowest BCUT2D eigenvalue weighted by atomic mass is 9.90. The average Bonchev–Trinajstić information content (AvgIpc) is 3.66. The Morgan fingerprint density at radius 1 is 1.05 bits per heavy atom. The quantitative estimate of drug-likeness (QED) is 0.391. The highest BCUT2D eigenvalue weighted by Crippen LogP contribution is 2.55. The van der Waals surface area contributed by atoms with E-state index in [1.807, 2.05) is 30.3 Å². The lowest BCUT2D eigenvalue weighted by molar-refractivity contribution is -0.119. The van der Waals surface area contributed by atoms with Crippen LogP contribution in [0.4, 0.5) is 10.1 Å². The highest BCUT2D eigenvalue weighted by molar-refractivity contribution is 6.01. The molecule has 202 valence electrons. The number of ketones is 1. The van der Waals surface area contributed by atoms with Gasteiger partial charge in [-0.15, -0.1) is 0 Å². The van der Waals surface area contributed by atoms with Gasteiger partial charge in [-0.3, -0.25) is 14.6 Å². The van der Waals surface area contributed by atoms with Gasteiger partial charge in [0.1, 0.15) is 11.6 Å². The van der Waals surface area contributed by atoms with Crippen LogP contribution in [0.2, 0.25) is 0 Å². The third kappa shape index (κ3) is 4.79. The smallest absolute Gasteiger partial charge is 0.217 e. The summed E-state index contributed by atoms with van der Waals surface area (Å²) in [4.78, 5) is 32.5. The van der Waals surface area contributed by atoms with Gasteiger partial charge in [-0.05, 0) is 67.1 Å². The third-order valence-corrected chi connectivity index (χ3v) is 8.70. The third-order valence-electron chi connectivity index (χ3n) is 8.70. The maximum absolute atomic E-state index is 14.4. The number of amides is 1. The minimum Gasteiger partial charge on any atom is -0.497 e. The first kappa shape index (κ1) is 25.5. The number of anilines is 1. The Balaban J connectivity index is 1.47. The van der Waals surface area contributed by atoms with Crippen LogP contribution in [0.25, 0.3) is 11.1 Å². The summed E-state index contributed by atoms with van der Waals surface area (Å²) in [6.45, 7) is 1.58. The average molecular weight is 528 g/mol. The molecular formula is C32H34FN3O3. The van der Waals surface area contributed by atoms with Gasteiger partial charge in [0.25, 0.3) is 0 Å². The van der Waals surface area contributed by atoms with Gasteiger partial charge in [0.15, 0.2) is 5.78 Å². The molecule has 0 spiro atoms. The van der Waals surface area contributed by atoms with E-state index in [-0.39, 0.29) is 36.1 Å². The minimum absolute atomic E-state index is 0.0147. The van der Waals surface area contributed by atoms with Crippen LogP contribution in [-0.2, 0) is 11.2 Å². The van der Waals surface area contributed by atoms with Crippen LogP contribution in [0.5, 0.6) is 5.75 Å². The van der Waals surface area contributed by atoms with E-state index >= 15 is 0 Å². The van der Waals surface area contributed by atoms with Gasteiger partial charge in [0.2, 0.25) is 5.91 Å². The van der Waals surface area contributed by atoms with Crippen molar-refractivity contribution in [3.8, 4) is 16.9 Å². The molecule has 2 saturated carbocycles. The summed E-state index contributed by atoms with van der Waals surface area (Å²) in [5.74, 6) is 0.538. The number of ether oxygens (including phenoxy) is 1. The van der Waals surface area contributed by atoms with E-state index in [2.05, 4.69) is 21.3 Å². The van der Waals surface area contributed by atoms with E-state index in [1.165, 1.54) is 25.1 Å². The number of benzene rings is 2. The van der Waals surface area contributed by atoms with Gasteiger partial charge in [-0.1, -0.05) is 25.0 Å². The number of pyridine rings is 1. The van der Waals surface area contributed by atoms with Crippen LogP contribution in [-0.4, -0.2) is 41.9 Å². The van der Waals surface area contributed by atoms with Crippen molar-refractivity contribution in [3.63, 3.8) is 0 Å². The fourth-order valence-electron chi connectivity index (χ4n) is 7.08. The Bertz CT molecular complexity index is 1400. The molecule has 1 aliphatic heterocycles. The summed E-state index contributed by atoms with van der Waals surface area (Å²) in [7, 11) is 1.62. The zero-order valence-corrected chi connectivity index (χ0v) is 22.5. The molecule has 39 heavy (non-hydrogen) atoms. The fraction of sp³-hybridized carbons (Fsp3) is 0.406. The van der Waals surface area contributed by atoms with Gasteiger partial charge >= 0.3 is 0 Å². The number of rotatable bonds is 7. The zero-order valence-electron chi connectivity index (χ0n) is 22.5. The molecule has 3 atom stereocenters. The Labute approximate surface area is 228 Å². The first-order valence-corrected chi connectivity index (χ1v) is 13.9. The molecule has 2 aliphatic carbocycles. The monoisotopic (exact) mass is 527 g/mol. The molecule has 6 rings (SSSR count). The van der Waals surface area contributed by atoms with E-state index in [9.17, 15) is 14.0 Å². The molecule has 0 saturated heterocycles. The number of nitrogens with one attached hydrogen (secondary N) is 1. The molecule has 0 bridgehead atoms. The summed E-state index contributed by atoms with van der Waals surface area (Å²) in [6, 6.07) is 13.6. The number of hydrogen-bond acceptors (Lipinski definition) is 5. The van der Waals surface area contributed by atoms with Crippen LogP contribution < -0.4 is 15.0 Å². The largest absolute Gasteiger partial charge is 0.497 e. The molecule has 1 N–H and O–H groups in total. The van der Waals surface area contributed by atoms with Crippen LogP contribution in [0.15, 0.2) is 54.9 Å². The minimum atomic E-state index is -0.405. The van der Waals surface area contributed by atoms with Gasteiger partial charge in [0.05, 0.1) is 19.3 Å². The van der Waals surface area contributed by atoms with Crippen molar-refractivity contribution in [3.05, 3.63) is 77.4 Å². The van der Waals surface area contributed by atoms with Crippen LogP contribution in [0.3, 0.4) is 0 Å². The maximum atomic E-state index is 14.4. The van der Waals surface area contributed by atoms with Gasteiger partial charge < -0.3 is 15.0 Å². The number of nitrogens with zero attached hydrogens (tertiary/aromatic N) is 2. The van der Waals surface area contributed by atoms with Crippen molar-refractivity contribution < 1.29 is 18.7 Å². The SMILES string of the molecule is COc1ccc(CC(=O)c2cc(-c3cncc(F)c3)c3c(c2)C2CCC(NC(C)=O)C2N3C2CCCC2)cc1. The first-order chi connectivity index (χ1) is 18.9. The summed E-state index contributed by atoms with van der Waals surface area (Å²) in [5, 5.41) is 3.22. The standard InChI is InChI=1S/C32H34FN3O3/c1-19(37)35-29-12-11-26-28-16-21(30(38)13-20-7-9-25(39-2)10-8-20)15-27(22-14-23(33)18-34-17-22)31(28)36(32(26)29)24-5-3-4-6-24/h7-10,14-18,24,26,29,32H,3-6,11-13H2,1-2H3,(H,35,37). The molecule has 1 aromatic heterocycles. The lowest BCUT2D eigenvalue weighted by Crippen LogP contribution is -2.51. The normalized spacial score (nSPS) is 22.0. The van der Waals surface area contributed by atoms with Gasteiger partial charge in [-0.2, -0.15) is 0 Å². The molecule has 3 unspecified atom stereocenters. The molecule has 6 nitrogen and oxygen atoms in total. The van der Waals surface area contributed by atoms with Gasteiger partial charge in [0, 0.05) is 59.9 Å². The van der Waals surface area contributed by atoms with Crippen molar-refractivity contribution >= 4 is 17.4 Å². The Morgan fingerprint density at radius 2 is 1.82 bits per heavy atom. The second kappa shape index (κ2) is 10.4. The van der Waals surface area contributed by atoms with Crippen LogP contribution in [0, 0.1) is 5.82 Å². The molecule has 3 aliphatic rings. The number of Topliss-reactive ketones (excluding diaryl/α,β-unsaturated/α-hetero) is 1. The van der Waals surface area contributed by atoms with E-state index in [1.54, 1.807) is 20.2 Å². The first-order valence-electron chi connectivity index (χ1n) is 13.9. The molecule has 3 aromatic rings. The van der Waals surface area contributed by atoms with Crippen molar-refractivity contribution in [2.45, 2.75) is 75.9 Å². The predicted octanol–water partition coefficient (Wildman–Crippen LogP) is 5.84. The van der Waals surface area contributed by atoms with E-state index < -0.39 is 5.82 Å². The fourth-order valence-corrected chi connectivity index (χ4v) is 7.08. The molecule has 2 heterocycles.